The number of nitrogens with one attached hydrogen (secondary N) is 3. The molecule has 7 heterocycles. The van der Waals surface area contributed by atoms with Crippen molar-refractivity contribution in [3.05, 3.63) is 218 Å². The fourth-order valence-corrected chi connectivity index (χ4v) is 10.3. The van der Waals surface area contributed by atoms with E-state index < -0.39 is 47.3 Å². The molecule has 0 spiro atoms. The summed E-state index contributed by atoms with van der Waals surface area (Å²) in [6.45, 7) is 6.87. The van der Waals surface area contributed by atoms with Crippen molar-refractivity contribution in [1.29, 1.82) is 0 Å². The van der Waals surface area contributed by atoms with E-state index in [1.165, 1.54) is 35.0 Å². The minimum Gasteiger partial charge on any atom is -0.428 e. The van der Waals surface area contributed by atoms with E-state index in [9.17, 15) is 58.5 Å². The molecule has 0 atom stereocenters. The predicted molar refractivity (Wildman–Crippen MR) is 340 cm³/mol. The number of nitrogens with zero attached hydrogens (tertiary/aromatic N) is 11. The summed E-state index contributed by atoms with van der Waals surface area (Å²) in [6.07, 6.45) is -4.47. The number of fused-ring (bicyclic) bond motifs is 3. The zero-order valence-electron chi connectivity index (χ0n) is 50.5. The van der Waals surface area contributed by atoms with Crippen LogP contribution in [0.1, 0.15) is 23.6 Å². The van der Waals surface area contributed by atoms with Crippen LogP contribution in [-0.2, 0) is 23.7 Å². The summed E-state index contributed by atoms with van der Waals surface area (Å²) in [7, 11) is 0. The van der Waals surface area contributed by atoms with Crippen molar-refractivity contribution in [3.63, 3.8) is 0 Å². The molecule has 1 saturated heterocycles. The molecule has 96 heavy (non-hydrogen) atoms. The first-order chi connectivity index (χ1) is 46.1. The number of hydrogen-bond donors (Lipinski definition) is 5. The minimum atomic E-state index is -5.09. The molecule has 0 saturated carbocycles. The molecule has 29 heteroatoms. The Morgan fingerprint density at radius 3 is 1.59 bits per heavy atom. The van der Waals surface area contributed by atoms with E-state index in [1.54, 1.807) is 36.8 Å². The molecule has 13 rings (SSSR count). The number of anilines is 8. The molecule has 0 radical (unpaired) electrons. The van der Waals surface area contributed by atoms with E-state index in [1.807, 2.05) is 88.1 Å². The third-order valence-electron chi connectivity index (χ3n) is 15.0. The van der Waals surface area contributed by atoms with Crippen molar-refractivity contribution in [2.45, 2.75) is 38.4 Å². The summed E-state index contributed by atoms with van der Waals surface area (Å²) in [5, 5.41) is 28.3. The molecule has 0 unspecified atom stereocenters. The van der Waals surface area contributed by atoms with Gasteiger partial charge in [0, 0.05) is 133 Å². The highest BCUT2D eigenvalue weighted by molar-refractivity contribution is 5.78. The van der Waals surface area contributed by atoms with E-state index in [4.69, 9.17) is 9.72 Å². The molecule has 496 valence electrons. The van der Waals surface area contributed by atoms with Gasteiger partial charge in [-0.2, -0.15) is 43.9 Å². The van der Waals surface area contributed by atoms with Crippen LogP contribution in [0.3, 0.4) is 0 Å². The van der Waals surface area contributed by atoms with E-state index in [-0.39, 0.29) is 47.9 Å². The van der Waals surface area contributed by atoms with Gasteiger partial charge in [-0.25, -0.2) is 34.3 Å². The first-order valence-corrected chi connectivity index (χ1v) is 29.5. The Kier molecular flexibility index (Phi) is 19.9. The predicted octanol–water partition coefficient (Wildman–Crippen LogP) is 15.0. The highest BCUT2D eigenvalue weighted by Gasteiger charge is 2.44. The van der Waals surface area contributed by atoms with Gasteiger partial charge in [0.1, 0.15) is 11.6 Å². The highest BCUT2D eigenvalue weighted by atomic mass is 19.4. The summed E-state index contributed by atoms with van der Waals surface area (Å²) >= 11 is 0. The van der Waals surface area contributed by atoms with E-state index in [0.717, 1.165) is 96.4 Å². The molecule has 1 aliphatic heterocycles. The molecule has 1 aliphatic rings. The maximum absolute atomic E-state index is 14.3. The number of alkyl halides is 10. The Balaban J connectivity index is 0.000000148. The lowest BCUT2D eigenvalue weighted by Crippen LogP contribution is -2.36. The van der Waals surface area contributed by atoms with E-state index in [2.05, 4.69) is 74.5 Å². The third kappa shape index (κ3) is 15.7. The molecule has 0 amide bonds. The number of aliphatic hydroxyl groups is 2. The summed E-state index contributed by atoms with van der Waals surface area (Å²) in [5.74, 6) is 0.0700. The number of benzene rings is 6. The number of aliphatic hydroxyl groups excluding tert-OH is 2. The Labute approximate surface area is 539 Å². The molecule has 1 fully saturated rings. The number of rotatable bonds is 18. The smallest absolute Gasteiger partial charge is 0.428 e. The number of imidazole rings is 3. The number of halogens is 11. The summed E-state index contributed by atoms with van der Waals surface area (Å²) in [5.41, 5.74) is 4.96. The van der Waals surface area contributed by atoms with Crippen molar-refractivity contribution < 1.29 is 68.0 Å². The van der Waals surface area contributed by atoms with Gasteiger partial charge in [-0.05, 0) is 103 Å². The Bertz CT molecular complexity index is 4590. The van der Waals surface area contributed by atoms with Crippen LogP contribution in [0.2, 0.25) is 0 Å². The SMILES string of the molecule is CCN(CCO)c1ccc(Nc2nc(-c3ccccc3CO)cn3ccnc23)cc1.FC(F)C(F)(F)Oc1cccc(Nc2nc(-c3cc(C(F)(F)F)cc(C(F)(F)F)c3)cn3ccnc23)c1.Fc1ccccc1-c1cn2ccnc2c(Nc2ccc(N3CCOCC3)cc2)n1. The number of likely N-dealkylation sites (N-methyl/N-ethyl adjacent to an activating group) is 1. The first-order valence-electron chi connectivity index (χ1n) is 29.5. The van der Waals surface area contributed by atoms with Crippen molar-refractivity contribution in [1.82, 2.24) is 43.1 Å². The van der Waals surface area contributed by atoms with Gasteiger partial charge in [-0.3, -0.25) is 0 Å². The monoisotopic (exact) mass is 1330 g/mol. The van der Waals surface area contributed by atoms with Crippen LogP contribution in [0.5, 0.6) is 5.75 Å². The summed E-state index contributed by atoms with van der Waals surface area (Å²) in [6, 6.07) is 35.9. The van der Waals surface area contributed by atoms with Crippen molar-refractivity contribution in [2.75, 3.05) is 71.7 Å². The molecule has 0 bridgehead atoms. The van der Waals surface area contributed by atoms with Gasteiger partial charge in [-0.1, -0.05) is 42.5 Å². The normalized spacial score (nSPS) is 12.7. The summed E-state index contributed by atoms with van der Waals surface area (Å²) in [4.78, 5) is 30.8. The zero-order chi connectivity index (χ0) is 67.7. The van der Waals surface area contributed by atoms with Gasteiger partial charge in [0.15, 0.2) is 34.4 Å². The second kappa shape index (κ2) is 28.8. The maximum Gasteiger partial charge on any atom is 0.461 e. The van der Waals surface area contributed by atoms with Crippen LogP contribution in [0.4, 0.5) is 94.2 Å². The Hall–Kier alpha value is -10.9. The van der Waals surface area contributed by atoms with Gasteiger partial charge in [-0.15, -0.1) is 0 Å². The molecule has 18 nitrogen and oxygen atoms in total. The van der Waals surface area contributed by atoms with Crippen molar-refractivity contribution in [2.24, 2.45) is 0 Å². The van der Waals surface area contributed by atoms with Crippen LogP contribution < -0.4 is 30.5 Å². The average molecular weight is 1330 g/mol. The van der Waals surface area contributed by atoms with Crippen molar-refractivity contribution in [3.8, 4) is 39.5 Å². The van der Waals surface area contributed by atoms with Gasteiger partial charge in [0.05, 0.1) is 54.6 Å². The van der Waals surface area contributed by atoms with E-state index in [0.29, 0.717) is 47.2 Å². The molecule has 12 aromatic rings. The number of aromatic nitrogens is 9. The topological polar surface area (TPSA) is 192 Å². The largest absolute Gasteiger partial charge is 0.461 e. The van der Waals surface area contributed by atoms with E-state index >= 15 is 0 Å². The average Bonchev–Trinajstić information content (AvgIpc) is 1.81. The second-order valence-corrected chi connectivity index (χ2v) is 21.4. The molecular weight excluding hydrogens is 1270 g/mol. The Morgan fingerprint density at radius 1 is 0.573 bits per heavy atom. The first kappa shape index (κ1) is 66.5. The fraction of sp³-hybridized carbons (Fsp3) is 0.194. The molecule has 5 N–H and O–H groups in total. The number of morpholine rings is 1. The molecular formula is C67H57F11N14O4. The third-order valence-corrected chi connectivity index (χ3v) is 15.0. The van der Waals surface area contributed by atoms with Crippen LogP contribution >= 0.6 is 0 Å². The lowest BCUT2D eigenvalue weighted by molar-refractivity contribution is -0.253. The molecule has 6 aromatic heterocycles. The molecule has 6 aromatic carbocycles. The van der Waals surface area contributed by atoms with Crippen LogP contribution in [-0.4, -0.2) is 112 Å². The lowest BCUT2D eigenvalue weighted by atomic mass is 10.0. The van der Waals surface area contributed by atoms with Gasteiger partial charge in [0.2, 0.25) is 0 Å². The van der Waals surface area contributed by atoms with Gasteiger partial charge < -0.3 is 58.6 Å². The Morgan fingerprint density at radius 2 is 1.07 bits per heavy atom. The quantitative estimate of drug-likeness (QED) is 0.0509. The fourth-order valence-electron chi connectivity index (χ4n) is 10.3. The van der Waals surface area contributed by atoms with Crippen LogP contribution in [0.25, 0.3) is 50.7 Å². The standard InChI is InChI=1S/C23H25N5O2.C22H12F10N4O.C22H20FN5O/c1-2-27(13-14-29)19-9-7-18(8-10-19)25-22-23-24-11-12-28(23)15-21(26-22)20-6-4-3-5-17(20)16-30;23-19(24)22(31,32)37-15-3-1-2-14(9-15)34-17-18-33-4-5-36(18)10-16(35-17)11-6-12(20(25,26)27)8-13(7-11)21(28,29)30;23-19-4-2-1-3-18(19)20-15-28-10-9-24-22(28)21(26-20)25-16-5-7-17(8-6-16)27-11-13-29-14-12-27/h3-12,15,29-30H,2,13-14,16H2,1H3,(H,25,26);1-10,19H,(H,34,35);1-10,15H,11-14H2,(H,25,26). The number of hydrogen-bond acceptors (Lipinski definition) is 15. The number of ether oxygens (including phenoxy) is 2. The van der Waals surface area contributed by atoms with Crippen LogP contribution in [0, 0.1) is 5.82 Å². The van der Waals surface area contributed by atoms with Gasteiger partial charge in [0.25, 0.3) is 0 Å². The van der Waals surface area contributed by atoms with Gasteiger partial charge >= 0.3 is 24.9 Å². The molecule has 0 aliphatic carbocycles. The second-order valence-electron chi connectivity index (χ2n) is 21.4. The van der Waals surface area contributed by atoms with Crippen molar-refractivity contribution >= 4 is 62.8 Å². The van der Waals surface area contributed by atoms with Crippen LogP contribution in [0.15, 0.2) is 195 Å². The summed E-state index contributed by atoms with van der Waals surface area (Å²) < 4.78 is 160. The maximum atomic E-state index is 14.3. The zero-order valence-corrected chi connectivity index (χ0v) is 50.5. The lowest BCUT2D eigenvalue weighted by Gasteiger charge is -2.28. The minimum absolute atomic E-state index is 0.0287. The highest BCUT2D eigenvalue weighted by Crippen LogP contribution is 2.40.